The van der Waals surface area contributed by atoms with Gasteiger partial charge in [-0.2, -0.15) is 0 Å². The van der Waals surface area contributed by atoms with Crippen molar-refractivity contribution >= 4 is 5.97 Å². The standard InChI is InChI=1S/C13H17NO4/c1-17-11-7-3-6-10(11)14-8-4-5-9(12(14)15)13(16)18-2/h4-5,8,10-11H,3,6-7H2,1-2H3/t10?,11-/m1/s1. The number of pyridine rings is 1. The summed E-state index contributed by atoms with van der Waals surface area (Å²) in [5.74, 6) is -0.596. The van der Waals surface area contributed by atoms with Gasteiger partial charge < -0.3 is 14.0 Å². The van der Waals surface area contributed by atoms with E-state index >= 15 is 0 Å². The molecule has 1 fully saturated rings. The van der Waals surface area contributed by atoms with Gasteiger partial charge in [0.25, 0.3) is 5.56 Å². The Balaban J connectivity index is 2.40. The van der Waals surface area contributed by atoms with Gasteiger partial charge in [-0.05, 0) is 31.4 Å². The number of hydrogen-bond acceptors (Lipinski definition) is 4. The van der Waals surface area contributed by atoms with E-state index in [1.54, 1.807) is 23.9 Å². The van der Waals surface area contributed by atoms with Gasteiger partial charge in [0.15, 0.2) is 0 Å². The largest absolute Gasteiger partial charge is 0.465 e. The minimum absolute atomic E-state index is 0.00658. The average molecular weight is 251 g/mol. The van der Waals surface area contributed by atoms with Crippen molar-refractivity contribution in [1.29, 1.82) is 0 Å². The molecule has 0 aromatic carbocycles. The highest BCUT2D eigenvalue weighted by Crippen LogP contribution is 2.30. The molecule has 0 radical (unpaired) electrons. The molecule has 0 spiro atoms. The number of carbonyl (C=O) groups is 1. The average Bonchev–Trinajstić information content (AvgIpc) is 2.86. The van der Waals surface area contributed by atoms with E-state index in [1.807, 2.05) is 0 Å². The molecule has 2 rings (SSSR count). The number of nitrogens with zero attached hydrogens (tertiary/aromatic N) is 1. The van der Waals surface area contributed by atoms with Crippen LogP contribution in [0.4, 0.5) is 0 Å². The molecular formula is C13H17NO4. The van der Waals surface area contributed by atoms with Crippen LogP contribution in [0, 0.1) is 0 Å². The summed E-state index contributed by atoms with van der Waals surface area (Å²) < 4.78 is 11.6. The van der Waals surface area contributed by atoms with E-state index in [2.05, 4.69) is 4.74 Å². The maximum atomic E-state index is 12.2. The van der Waals surface area contributed by atoms with Gasteiger partial charge in [-0.3, -0.25) is 4.79 Å². The van der Waals surface area contributed by atoms with Crippen LogP contribution in [0.25, 0.3) is 0 Å². The Labute approximate surface area is 105 Å². The molecule has 5 heteroatoms. The topological polar surface area (TPSA) is 57.5 Å². The Hall–Kier alpha value is -1.62. The molecule has 1 aromatic rings. The van der Waals surface area contributed by atoms with Crippen LogP contribution >= 0.6 is 0 Å². The molecule has 2 atom stereocenters. The minimum atomic E-state index is -0.596. The number of aromatic nitrogens is 1. The van der Waals surface area contributed by atoms with E-state index in [0.29, 0.717) is 0 Å². The van der Waals surface area contributed by atoms with Gasteiger partial charge in [0.05, 0.1) is 19.3 Å². The SMILES string of the molecule is COC(=O)c1cccn(C2CCC[C@H]2OC)c1=O. The van der Waals surface area contributed by atoms with E-state index in [-0.39, 0.29) is 23.3 Å². The number of carbonyl (C=O) groups excluding carboxylic acids is 1. The zero-order chi connectivity index (χ0) is 13.1. The Morgan fingerprint density at radius 1 is 1.39 bits per heavy atom. The highest BCUT2D eigenvalue weighted by Gasteiger charge is 2.30. The van der Waals surface area contributed by atoms with Gasteiger partial charge >= 0.3 is 5.97 Å². The van der Waals surface area contributed by atoms with Gasteiger partial charge in [0, 0.05) is 13.3 Å². The second-order valence-corrected chi connectivity index (χ2v) is 4.40. The summed E-state index contributed by atoms with van der Waals surface area (Å²) in [6.45, 7) is 0. The van der Waals surface area contributed by atoms with E-state index in [9.17, 15) is 9.59 Å². The maximum Gasteiger partial charge on any atom is 0.343 e. The van der Waals surface area contributed by atoms with E-state index < -0.39 is 5.97 Å². The summed E-state index contributed by atoms with van der Waals surface area (Å²) in [7, 11) is 2.92. The molecule has 98 valence electrons. The lowest BCUT2D eigenvalue weighted by Crippen LogP contribution is -2.33. The van der Waals surface area contributed by atoms with Crippen molar-refractivity contribution in [1.82, 2.24) is 4.57 Å². The third kappa shape index (κ3) is 2.18. The lowest BCUT2D eigenvalue weighted by atomic mass is 10.2. The first-order valence-electron chi connectivity index (χ1n) is 6.01. The fourth-order valence-electron chi connectivity index (χ4n) is 2.54. The second kappa shape index (κ2) is 5.35. The van der Waals surface area contributed by atoms with Crippen LogP contribution in [0.5, 0.6) is 0 Å². The molecule has 5 nitrogen and oxygen atoms in total. The van der Waals surface area contributed by atoms with E-state index in [1.165, 1.54) is 13.2 Å². The molecule has 1 saturated carbocycles. The van der Waals surface area contributed by atoms with Gasteiger partial charge in [-0.25, -0.2) is 4.79 Å². The first-order valence-corrected chi connectivity index (χ1v) is 6.01. The monoisotopic (exact) mass is 251 g/mol. The van der Waals surface area contributed by atoms with Crippen molar-refractivity contribution in [3.8, 4) is 0 Å². The van der Waals surface area contributed by atoms with Crippen LogP contribution < -0.4 is 5.56 Å². The van der Waals surface area contributed by atoms with Crippen LogP contribution in [0.15, 0.2) is 23.1 Å². The number of esters is 1. The second-order valence-electron chi connectivity index (χ2n) is 4.40. The van der Waals surface area contributed by atoms with Crippen LogP contribution in [0.2, 0.25) is 0 Å². The molecule has 0 bridgehead atoms. The fourth-order valence-corrected chi connectivity index (χ4v) is 2.54. The van der Waals surface area contributed by atoms with Crippen molar-refractivity contribution in [3.05, 3.63) is 34.2 Å². The van der Waals surface area contributed by atoms with Gasteiger partial charge in [0.2, 0.25) is 0 Å². The predicted molar refractivity (Wildman–Crippen MR) is 65.7 cm³/mol. The molecule has 1 aromatic heterocycles. The molecule has 1 aliphatic carbocycles. The summed E-state index contributed by atoms with van der Waals surface area (Å²) >= 11 is 0. The zero-order valence-electron chi connectivity index (χ0n) is 10.6. The quantitative estimate of drug-likeness (QED) is 0.761. The smallest absolute Gasteiger partial charge is 0.343 e. The van der Waals surface area contributed by atoms with Gasteiger partial charge in [-0.15, -0.1) is 0 Å². The van der Waals surface area contributed by atoms with Crippen LogP contribution in [-0.2, 0) is 9.47 Å². The fraction of sp³-hybridized carbons (Fsp3) is 0.538. The van der Waals surface area contributed by atoms with Crippen LogP contribution in [-0.4, -0.2) is 30.9 Å². The summed E-state index contributed by atoms with van der Waals surface area (Å²) in [4.78, 5) is 23.7. The normalized spacial score (nSPS) is 23.0. The third-order valence-corrected chi connectivity index (χ3v) is 3.46. The molecule has 0 amide bonds. The molecule has 1 unspecified atom stereocenters. The summed E-state index contributed by atoms with van der Waals surface area (Å²) in [6.07, 6.45) is 4.60. The zero-order valence-corrected chi connectivity index (χ0v) is 10.6. The van der Waals surface area contributed by atoms with Crippen molar-refractivity contribution < 1.29 is 14.3 Å². The first-order chi connectivity index (χ1) is 8.69. The molecule has 18 heavy (non-hydrogen) atoms. The van der Waals surface area contributed by atoms with Gasteiger partial charge in [-0.1, -0.05) is 0 Å². The Bertz CT molecular complexity index is 494. The van der Waals surface area contributed by atoms with E-state index in [0.717, 1.165) is 19.3 Å². The first kappa shape index (κ1) is 12.8. The van der Waals surface area contributed by atoms with Crippen LogP contribution in [0.3, 0.4) is 0 Å². The number of methoxy groups -OCH3 is 2. The molecular weight excluding hydrogens is 234 g/mol. The molecule has 0 saturated heterocycles. The van der Waals surface area contributed by atoms with Crippen molar-refractivity contribution in [2.75, 3.05) is 14.2 Å². The number of hydrogen-bond donors (Lipinski definition) is 0. The third-order valence-electron chi connectivity index (χ3n) is 3.46. The summed E-state index contributed by atoms with van der Waals surface area (Å²) in [6, 6.07) is 3.19. The summed E-state index contributed by atoms with van der Waals surface area (Å²) in [5, 5.41) is 0. The van der Waals surface area contributed by atoms with Gasteiger partial charge in [0.1, 0.15) is 5.56 Å². The molecule has 0 N–H and O–H groups in total. The summed E-state index contributed by atoms with van der Waals surface area (Å²) in [5.41, 5.74) is -0.236. The number of rotatable bonds is 3. The van der Waals surface area contributed by atoms with Crippen molar-refractivity contribution in [2.24, 2.45) is 0 Å². The highest BCUT2D eigenvalue weighted by molar-refractivity contribution is 5.88. The lowest BCUT2D eigenvalue weighted by Gasteiger charge is -2.21. The van der Waals surface area contributed by atoms with Crippen molar-refractivity contribution in [3.63, 3.8) is 0 Å². The molecule has 0 aliphatic heterocycles. The lowest BCUT2D eigenvalue weighted by molar-refractivity contribution is 0.0591. The highest BCUT2D eigenvalue weighted by atomic mass is 16.5. The Morgan fingerprint density at radius 2 is 2.17 bits per heavy atom. The Kier molecular flexibility index (Phi) is 3.81. The number of ether oxygens (including phenoxy) is 2. The maximum absolute atomic E-state index is 12.2. The predicted octanol–water partition coefficient (Wildman–Crippen LogP) is 1.37. The minimum Gasteiger partial charge on any atom is -0.465 e. The van der Waals surface area contributed by atoms with Crippen molar-refractivity contribution in [2.45, 2.75) is 31.4 Å². The van der Waals surface area contributed by atoms with E-state index in [4.69, 9.17) is 4.74 Å². The van der Waals surface area contributed by atoms with Crippen LogP contribution in [0.1, 0.15) is 35.7 Å². The molecule has 1 heterocycles. The Morgan fingerprint density at radius 3 is 2.83 bits per heavy atom. The molecule has 1 aliphatic rings.